The zero-order valence-corrected chi connectivity index (χ0v) is 8.85. The Morgan fingerprint density at radius 3 is 2.79 bits per heavy atom. The maximum absolute atomic E-state index is 5.71. The van der Waals surface area contributed by atoms with E-state index in [-0.39, 0.29) is 0 Å². The summed E-state index contributed by atoms with van der Waals surface area (Å²) in [5.41, 5.74) is 3.50. The molecule has 0 aliphatic carbocycles. The highest BCUT2D eigenvalue weighted by Gasteiger charge is 2.06. The van der Waals surface area contributed by atoms with Gasteiger partial charge in [-0.3, -0.25) is 0 Å². The van der Waals surface area contributed by atoms with Gasteiger partial charge in [-0.1, -0.05) is 12.1 Å². The van der Waals surface area contributed by atoms with E-state index < -0.39 is 0 Å². The molecule has 1 N–H and O–H groups in total. The predicted octanol–water partition coefficient (Wildman–Crippen LogP) is 3.48. The van der Waals surface area contributed by atoms with E-state index in [0.29, 0.717) is 0 Å². The summed E-state index contributed by atoms with van der Waals surface area (Å²) in [4.78, 5) is 0. The van der Waals surface area contributed by atoms with Crippen molar-refractivity contribution < 1.29 is 4.42 Å². The van der Waals surface area contributed by atoms with E-state index in [4.69, 9.17) is 4.42 Å². The molecule has 2 nitrogen and oxygen atoms in total. The lowest BCUT2D eigenvalue weighted by atomic mass is 10.1. The van der Waals surface area contributed by atoms with E-state index in [1.807, 2.05) is 6.07 Å². The van der Waals surface area contributed by atoms with E-state index in [0.717, 1.165) is 18.0 Å². The van der Waals surface area contributed by atoms with Crippen LogP contribution in [0.2, 0.25) is 0 Å². The molecule has 0 fully saturated rings. The normalized spacial score (nSPS) is 10.8. The number of benzene rings is 1. The lowest BCUT2D eigenvalue weighted by Gasteiger charge is -1.99. The van der Waals surface area contributed by atoms with Gasteiger partial charge in [0, 0.05) is 18.0 Å². The third-order valence-electron chi connectivity index (χ3n) is 2.56. The van der Waals surface area contributed by atoms with Gasteiger partial charge >= 0.3 is 0 Å². The fraction of sp³-hybridized carbons (Fsp3) is 0.333. The first kappa shape index (κ1) is 9.13. The molecule has 0 saturated carbocycles. The number of hydrogen-bond acceptors (Lipinski definition) is 2. The van der Waals surface area contributed by atoms with Crippen LogP contribution in [-0.2, 0) is 0 Å². The monoisotopic (exact) mass is 189 g/mol. The number of fused-ring (bicyclic) bond motifs is 1. The summed E-state index contributed by atoms with van der Waals surface area (Å²) in [6, 6.07) is 6.27. The molecule has 1 aromatic carbocycles. The molecule has 0 saturated heterocycles. The summed E-state index contributed by atoms with van der Waals surface area (Å²) in [6.45, 7) is 7.14. The largest absolute Gasteiger partial charge is 0.440 e. The lowest BCUT2D eigenvalue weighted by molar-refractivity contribution is 0.625. The van der Waals surface area contributed by atoms with Gasteiger partial charge in [0.15, 0.2) is 5.88 Å². The standard InChI is InChI=1S/C12H15NO/c1-4-13-11-7-10-6-5-8(2)9(3)12(10)14-11/h5-7,13H,4H2,1-3H3. The first-order valence-electron chi connectivity index (χ1n) is 4.96. The molecule has 2 aromatic rings. The van der Waals surface area contributed by atoms with Crippen LogP contribution in [0.25, 0.3) is 11.0 Å². The van der Waals surface area contributed by atoms with Crippen molar-refractivity contribution in [1.29, 1.82) is 0 Å². The topological polar surface area (TPSA) is 25.2 Å². The molecule has 74 valence electrons. The smallest absolute Gasteiger partial charge is 0.194 e. The fourth-order valence-electron chi connectivity index (χ4n) is 1.60. The highest BCUT2D eigenvalue weighted by atomic mass is 16.3. The van der Waals surface area contributed by atoms with E-state index in [1.165, 1.54) is 16.5 Å². The van der Waals surface area contributed by atoms with E-state index in [9.17, 15) is 0 Å². The maximum atomic E-state index is 5.71. The van der Waals surface area contributed by atoms with Crippen molar-refractivity contribution in [1.82, 2.24) is 0 Å². The van der Waals surface area contributed by atoms with Gasteiger partial charge in [0.05, 0.1) is 0 Å². The molecule has 2 heteroatoms. The van der Waals surface area contributed by atoms with Crippen LogP contribution in [0.4, 0.5) is 5.88 Å². The third-order valence-corrected chi connectivity index (χ3v) is 2.56. The summed E-state index contributed by atoms with van der Waals surface area (Å²) in [5, 5.41) is 4.35. The van der Waals surface area contributed by atoms with Crippen molar-refractivity contribution in [3.63, 3.8) is 0 Å². The SMILES string of the molecule is CCNc1cc2ccc(C)c(C)c2o1. The van der Waals surface area contributed by atoms with Crippen LogP contribution in [0.1, 0.15) is 18.1 Å². The Kier molecular flexibility index (Phi) is 2.20. The van der Waals surface area contributed by atoms with Gasteiger partial charge in [0.2, 0.25) is 0 Å². The summed E-state index contributed by atoms with van der Waals surface area (Å²) in [7, 11) is 0. The van der Waals surface area contributed by atoms with Crippen LogP contribution in [-0.4, -0.2) is 6.54 Å². The summed E-state index contributed by atoms with van der Waals surface area (Å²) in [6.07, 6.45) is 0. The maximum Gasteiger partial charge on any atom is 0.194 e. The Morgan fingerprint density at radius 1 is 1.29 bits per heavy atom. The second-order valence-electron chi connectivity index (χ2n) is 3.57. The average Bonchev–Trinajstić information content (AvgIpc) is 2.56. The molecular weight excluding hydrogens is 174 g/mol. The first-order chi connectivity index (χ1) is 6.72. The van der Waals surface area contributed by atoms with Crippen molar-refractivity contribution in [3.05, 3.63) is 29.3 Å². The van der Waals surface area contributed by atoms with Crippen molar-refractivity contribution in [2.45, 2.75) is 20.8 Å². The van der Waals surface area contributed by atoms with E-state index in [1.54, 1.807) is 0 Å². The Bertz CT molecular complexity index is 457. The second kappa shape index (κ2) is 3.37. The lowest BCUT2D eigenvalue weighted by Crippen LogP contribution is -1.93. The second-order valence-corrected chi connectivity index (χ2v) is 3.57. The molecule has 0 unspecified atom stereocenters. The average molecular weight is 189 g/mol. The molecule has 0 amide bonds. The highest BCUT2D eigenvalue weighted by Crippen LogP contribution is 2.27. The molecule has 2 rings (SSSR count). The summed E-state index contributed by atoms with van der Waals surface area (Å²) in [5.74, 6) is 0.858. The zero-order valence-electron chi connectivity index (χ0n) is 8.85. The molecule has 0 atom stereocenters. The number of nitrogens with one attached hydrogen (secondary N) is 1. The Hall–Kier alpha value is -1.44. The number of rotatable bonds is 2. The molecule has 14 heavy (non-hydrogen) atoms. The predicted molar refractivity (Wildman–Crippen MR) is 59.9 cm³/mol. The van der Waals surface area contributed by atoms with Crippen molar-refractivity contribution in [2.75, 3.05) is 11.9 Å². The molecular formula is C12H15NO. The minimum absolute atomic E-state index is 0.858. The third kappa shape index (κ3) is 1.37. The van der Waals surface area contributed by atoms with Gasteiger partial charge in [0.25, 0.3) is 0 Å². The Morgan fingerprint density at radius 2 is 2.07 bits per heavy atom. The first-order valence-corrected chi connectivity index (χ1v) is 4.96. The van der Waals surface area contributed by atoms with Gasteiger partial charge in [-0.25, -0.2) is 0 Å². The van der Waals surface area contributed by atoms with Gasteiger partial charge < -0.3 is 9.73 Å². The molecule has 0 aliphatic rings. The molecule has 1 aromatic heterocycles. The van der Waals surface area contributed by atoms with Gasteiger partial charge in [-0.05, 0) is 31.9 Å². The molecule has 0 spiro atoms. The minimum atomic E-state index is 0.858. The zero-order chi connectivity index (χ0) is 10.1. The molecule has 1 heterocycles. The van der Waals surface area contributed by atoms with E-state index in [2.05, 4.69) is 38.2 Å². The quantitative estimate of drug-likeness (QED) is 0.782. The van der Waals surface area contributed by atoms with Crippen LogP contribution >= 0.6 is 0 Å². The molecule has 0 radical (unpaired) electrons. The van der Waals surface area contributed by atoms with Crippen LogP contribution in [0, 0.1) is 13.8 Å². The fourth-order valence-corrected chi connectivity index (χ4v) is 1.60. The van der Waals surface area contributed by atoms with Crippen LogP contribution < -0.4 is 5.32 Å². The summed E-state index contributed by atoms with van der Waals surface area (Å²) >= 11 is 0. The van der Waals surface area contributed by atoms with Crippen LogP contribution in [0.3, 0.4) is 0 Å². The molecule has 0 bridgehead atoms. The number of aryl methyl sites for hydroxylation is 2. The Balaban J connectivity index is 2.59. The van der Waals surface area contributed by atoms with Gasteiger partial charge in [-0.2, -0.15) is 0 Å². The van der Waals surface area contributed by atoms with Crippen molar-refractivity contribution in [3.8, 4) is 0 Å². The highest BCUT2D eigenvalue weighted by molar-refractivity contribution is 5.84. The van der Waals surface area contributed by atoms with Crippen molar-refractivity contribution >= 4 is 16.9 Å². The Labute approximate surface area is 83.9 Å². The van der Waals surface area contributed by atoms with Crippen LogP contribution in [0.15, 0.2) is 22.6 Å². The number of anilines is 1. The van der Waals surface area contributed by atoms with E-state index >= 15 is 0 Å². The molecule has 0 aliphatic heterocycles. The summed E-state index contributed by atoms with van der Waals surface area (Å²) < 4.78 is 5.71. The van der Waals surface area contributed by atoms with Gasteiger partial charge in [-0.15, -0.1) is 0 Å². The number of hydrogen-bond donors (Lipinski definition) is 1. The van der Waals surface area contributed by atoms with Crippen molar-refractivity contribution in [2.24, 2.45) is 0 Å². The minimum Gasteiger partial charge on any atom is -0.440 e. The number of furan rings is 1. The van der Waals surface area contributed by atoms with Gasteiger partial charge in [0.1, 0.15) is 5.58 Å². The van der Waals surface area contributed by atoms with Crippen LogP contribution in [0.5, 0.6) is 0 Å².